The Labute approximate surface area is 94.8 Å². The summed E-state index contributed by atoms with van der Waals surface area (Å²) < 4.78 is 5.67. The van der Waals surface area contributed by atoms with Crippen LogP contribution >= 0.6 is 11.6 Å². The lowest BCUT2D eigenvalue weighted by atomic mass is 10.2. The number of rotatable bonds is 4. The van der Waals surface area contributed by atoms with Crippen LogP contribution in [0.2, 0.25) is 5.15 Å². The van der Waals surface area contributed by atoms with Gasteiger partial charge in [0.15, 0.2) is 0 Å². The lowest BCUT2D eigenvalue weighted by Gasteiger charge is -2.16. The van der Waals surface area contributed by atoms with Crippen LogP contribution < -0.4 is 10.1 Å². The van der Waals surface area contributed by atoms with E-state index in [2.05, 4.69) is 17.2 Å². The molecule has 1 heterocycles. The highest BCUT2D eigenvalue weighted by Gasteiger charge is 2.50. The number of pyridine rings is 1. The number of hydrogen-bond donors (Lipinski definition) is 1. The summed E-state index contributed by atoms with van der Waals surface area (Å²) in [7, 11) is 1.98. The van der Waals surface area contributed by atoms with E-state index in [0.717, 1.165) is 5.75 Å². The van der Waals surface area contributed by atoms with Gasteiger partial charge < -0.3 is 10.1 Å². The molecular formula is C11H15ClN2O. The number of likely N-dealkylation sites (N-methyl/N-ethyl adjacent to an activating group) is 1. The molecule has 1 aliphatic rings. The van der Waals surface area contributed by atoms with Gasteiger partial charge in [-0.25, -0.2) is 4.98 Å². The molecule has 1 N–H and O–H groups in total. The highest BCUT2D eigenvalue weighted by molar-refractivity contribution is 6.29. The SMILES string of the molecule is CN[C@@]1(COc2ccc(Cl)nc2)C[C@@H]1C. The van der Waals surface area contributed by atoms with Gasteiger partial charge in [0.05, 0.1) is 11.7 Å². The van der Waals surface area contributed by atoms with Crippen molar-refractivity contribution in [3.8, 4) is 5.75 Å². The van der Waals surface area contributed by atoms with Gasteiger partial charge in [0.2, 0.25) is 0 Å². The van der Waals surface area contributed by atoms with Crippen LogP contribution in [0, 0.1) is 5.92 Å². The number of halogens is 1. The largest absolute Gasteiger partial charge is 0.490 e. The van der Waals surface area contributed by atoms with Crippen LogP contribution in [-0.2, 0) is 0 Å². The summed E-state index contributed by atoms with van der Waals surface area (Å²) in [5.74, 6) is 1.45. The van der Waals surface area contributed by atoms with Gasteiger partial charge in [0.25, 0.3) is 0 Å². The molecule has 1 aromatic heterocycles. The Morgan fingerprint density at radius 2 is 2.40 bits per heavy atom. The Morgan fingerprint density at radius 1 is 1.67 bits per heavy atom. The maximum atomic E-state index is 5.69. The second kappa shape index (κ2) is 3.99. The van der Waals surface area contributed by atoms with Gasteiger partial charge in [-0.2, -0.15) is 0 Å². The van der Waals surface area contributed by atoms with E-state index in [0.29, 0.717) is 17.7 Å². The van der Waals surface area contributed by atoms with Crippen molar-refractivity contribution in [2.24, 2.45) is 5.92 Å². The number of ether oxygens (including phenoxy) is 1. The van der Waals surface area contributed by atoms with Gasteiger partial charge >= 0.3 is 0 Å². The van der Waals surface area contributed by atoms with E-state index in [1.165, 1.54) is 6.42 Å². The summed E-state index contributed by atoms with van der Waals surface area (Å²) >= 11 is 5.69. The third kappa shape index (κ3) is 2.24. The molecular weight excluding hydrogens is 212 g/mol. The Kier molecular flexibility index (Phi) is 2.85. The molecule has 3 nitrogen and oxygen atoms in total. The molecule has 1 aliphatic carbocycles. The van der Waals surface area contributed by atoms with E-state index in [-0.39, 0.29) is 5.54 Å². The summed E-state index contributed by atoms with van der Waals surface area (Å²) in [5.41, 5.74) is 0.166. The van der Waals surface area contributed by atoms with Crippen molar-refractivity contribution in [2.75, 3.05) is 13.7 Å². The molecule has 82 valence electrons. The third-order valence-corrected chi connectivity index (χ3v) is 3.37. The predicted molar refractivity (Wildman–Crippen MR) is 60.3 cm³/mol. The smallest absolute Gasteiger partial charge is 0.137 e. The first-order valence-corrected chi connectivity index (χ1v) is 5.47. The van der Waals surface area contributed by atoms with Crippen LogP contribution in [0.1, 0.15) is 13.3 Å². The first kappa shape index (κ1) is 10.7. The van der Waals surface area contributed by atoms with E-state index in [1.54, 1.807) is 12.3 Å². The van der Waals surface area contributed by atoms with E-state index in [1.807, 2.05) is 13.1 Å². The van der Waals surface area contributed by atoms with Gasteiger partial charge in [0, 0.05) is 0 Å². The average Bonchev–Trinajstić information content (AvgIpc) is 2.90. The molecule has 0 spiro atoms. The van der Waals surface area contributed by atoms with Crippen LogP contribution in [0.5, 0.6) is 5.75 Å². The van der Waals surface area contributed by atoms with Crippen LogP contribution in [0.15, 0.2) is 18.3 Å². The van der Waals surface area contributed by atoms with E-state index >= 15 is 0 Å². The molecule has 0 unspecified atom stereocenters. The van der Waals surface area contributed by atoms with E-state index < -0.39 is 0 Å². The van der Waals surface area contributed by atoms with Crippen molar-refractivity contribution in [2.45, 2.75) is 18.9 Å². The van der Waals surface area contributed by atoms with Crippen LogP contribution in [0.25, 0.3) is 0 Å². The zero-order valence-electron chi connectivity index (χ0n) is 8.96. The topological polar surface area (TPSA) is 34.1 Å². The molecule has 2 atom stereocenters. The van der Waals surface area contributed by atoms with Gasteiger partial charge in [-0.15, -0.1) is 0 Å². The molecule has 1 aromatic rings. The third-order valence-electron chi connectivity index (χ3n) is 3.15. The van der Waals surface area contributed by atoms with Gasteiger partial charge in [0.1, 0.15) is 17.5 Å². The maximum absolute atomic E-state index is 5.69. The summed E-state index contributed by atoms with van der Waals surface area (Å²) in [6, 6.07) is 3.57. The van der Waals surface area contributed by atoms with Crippen molar-refractivity contribution in [1.82, 2.24) is 10.3 Å². The summed E-state index contributed by atoms with van der Waals surface area (Å²) in [6.07, 6.45) is 2.82. The van der Waals surface area contributed by atoms with E-state index in [4.69, 9.17) is 16.3 Å². The Morgan fingerprint density at radius 3 is 2.87 bits per heavy atom. The quantitative estimate of drug-likeness (QED) is 0.799. The van der Waals surface area contributed by atoms with Crippen molar-refractivity contribution in [3.05, 3.63) is 23.5 Å². The molecule has 0 saturated heterocycles. The first-order chi connectivity index (χ1) is 7.16. The second-order valence-corrected chi connectivity index (χ2v) is 4.50. The fraction of sp³-hybridized carbons (Fsp3) is 0.545. The summed E-state index contributed by atoms with van der Waals surface area (Å²) in [6.45, 7) is 2.91. The predicted octanol–water partition coefficient (Wildman–Crippen LogP) is 2.11. The standard InChI is InChI=1S/C11H15ClN2O/c1-8-5-11(8,13-2)7-15-9-3-4-10(12)14-6-9/h3-4,6,8,13H,5,7H2,1-2H3/t8-,11+/m0/s1. The normalized spacial score (nSPS) is 28.9. The molecule has 0 bridgehead atoms. The first-order valence-electron chi connectivity index (χ1n) is 5.09. The number of aromatic nitrogens is 1. The van der Waals surface area contributed by atoms with Crippen LogP contribution in [0.3, 0.4) is 0 Å². The second-order valence-electron chi connectivity index (χ2n) is 4.12. The monoisotopic (exact) mass is 226 g/mol. The van der Waals surface area contributed by atoms with Crippen LogP contribution in [0.4, 0.5) is 0 Å². The van der Waals surface area contributed by atoms with Gasteiger partial charge in [-0.05, 0) is 31.5 Å². The van der Waals surface area contributed by atoms with Crippen molar-refractivity contribution in [3.63, 3.8) is 0 Å². The summed E-state index contributed by atoms with van der Waals surface area (Å²) in [4.78, 5) is 3.97. The minimum Gasteiger partial charge on any atom is -0.490 e. The lowest BCUT2D eigenvalue weighted by molar-refractivity contribution is 0.249. The molecule has 0 aliphatic heterocycles. The Hall–Kier alpha value is -0.800. The fourth-order valence-electron chi connectivity index (χ4n) is 1.77. The van der Waals surface area contributed by atoms with Crippen molar-refractivity contribution < 1.29 is 4.74 Å². The zero-order chi connectivity index (χ0) is 10.9. The van der Waals surface area contributed by atoms with Crippen molar-refractivity contribution >= 4 is 11.6 Å². The molecule has 0 aromatic carbocycles. The fourth-order valence-corrected chi connectivity index (χ4v) is 1.88. The van der Waals surface area contributed by atoms with Gasteiger partial charge in [-0.3, -0.25) is 0 Å². The lowest BCUT2D eigenvalue weighted by Crippen LogP contribution is -2.36. The molecule has 0 amide bonds. The number of nitrogens with zero attached hydrogens (tertiary/aromatic N) is 1. The summed E-state index contributed by atoms with van der Waals surface area (Å²) in [5, 5.41) is 3.80. The Balaban J connectivity index is 1.91. The minimum absolute atomic E-state index is 0.166. The highest BCUT2D eigenvalue weighted by Crippen LogP contribution is 2.42. The van der Waals surface area contributed by atoms with Crippen molar-refractivity contribution in [1.29, 1.82) is 0 Å². The molecule has 15 heavy (non-hydrogen) atoms. The highest BCUT2D eigenvalue weighted by atomic mass is 35.5. The number of hydrogen-bond acceptors (Lipinski definition) is 3. The molecule has 0 radical (unpaired) electrons. The zero-order valence-corrected chi connectivity index (χ0v) is 9.71. The van der Waals surface area contributed by atoms with Gasteiger partial charge in [-0.1, -0.05) is 18.5 Å². The molecule has 1 saturated carbocycles. The van der Waals surface area contributed by atoms with Crippen LogP contribution in [-0.4, -0.2) is 24.2 Å². The number of nitrogens with one attached hydrogen (secondary N) is 1. The van der Waals surface area contributed by atoms with E-state index in [9.17, 15) is 0 Å². The minimum atomic E-state index is 0.166. The molecule has 1 fully saturated rings. The average molecular weight is 227 g/mol. The Bertz CT molecular complexity index is 337. The molecule has 4 heteroatoms. The maximum Gasteiger partial charge on any atom is 0.137 e. The molecule has 2 rings (SSSR count).